The first-order chi connectivity index (χ1) is 16.8. The van der Waals surface area contributed by atoms with Crippen molar-refractivity contribution in [3.8, 4) is 5.75 Å². The van der Waals surface area contributed by atoms with Crippen molar-refractivity contribution in [2.24, 2.45) is 5.14 Å². The minimum absolute atomic E-state index is 0.00792. The zero-order valence-electron chi connectivity index (χ0n) is 17.9. The van der Waals surface area contributed by atoms with Gasteiger partial charge in [-0.25, -0.2) is 27.3 Å². The van der Waals surface area contributed by atoms with Gasteiger partial charge in [0.25, 0.3) is 15.9 Å². The van der Waals surface area contributed by atoms with Crippen LogP contribution in [0, 0.1) is 17.5 Å². The molecule has 2 aromatic carbocycles. The SMILES string of the molecule is NS(=O)(=O)c1cc(NC(=O)c2c(C3CCOc4c3ccc(F)c4F)ccc(C(F)(F)F)c2F)ccn1. The van der Waals surface area contributed by atoms with Crippen molar-refractivity contribution < 1.29 is 44.3 Å². The summed E-state index contributed by atoms with van der Waals surface area (Å²) in [6.07, 6.45) is -4.18. The van der Waals surface area contributed by atoms with E-state index in [0.29, 0.717) is 6.07 Å². The Morgan fingerprint density at radius 3 is 2.42 bits per heavy atom. The minimum Gasteiger partial charge on any atom is -0.490 e. The molecule has 2 heterocycles. The van der Waals surface area contributed by atoms with E-state index in [-0.39, 0.29) is 29.8 Å². The Morgan fingerprint density at radius 1 is 1.06 bits per heavy atom. The molecule has 3 N–H and O–H groups in total. The molecule has 14 heteroatoms. The van der Waals surface area contributed by atoms with Crippen LogP contribution in [0.15, 0.2) is 47.6 Å². The lowest BCUT2D eigenvalue weighted by molar-refractivity contribution is -0.140. The number of anilines is 1. The fourth-order valence-corrected chi connectivity index (χ4v) is 4.39. The van der Waals surface area contributed by atoms with Crippen molar-refractivity contribution in [1.82, 2.24) is 4.98 Å². The van der Waals surface area contributed by atoms with Gasteiger partial charge < -0.3 is 10.1 Å². The Kier molecular flexibility index (Phi) is 6.43. The van der Waals surface area contributed by atoms with Crippen molar-refractivity contribution in [2.45, 2.75) is 23.5 Å². The number of pyridine rings is 1. The van der Waals surface area contributed by atoms with Gasteiger partial charge in [-0.3, -0.25) is 4.79 Å². The first kappa shape index (κ1) is 25.4. The van der Waals surface area contributed by atoms with Gasteiger partial charge >= 0.3 is 6.18 Å². The molecule has 0 spiro atoms. The number of nitrogens with zero attached hydrogens (tertiary/aromatic N) is 1. The number of primary sulfonamides is 1. The highest BCUT2D eigenvalue weighted by Crippen LogP contribution is 2.43. The maximum absolute atomic E-state index is 15.3. The molecule has 190 valence electrons. The zero-order chi connectivity index (χ0) is 26.4. The van der Waals surface area contributed by atoms with Crippen molar-refractivity contribution in [3.05, 3.63) is 82.3 Å². The highest BCUT2D eigenvalue weighted by molar-refractivity contribution is 7.89. The molecule has 0 fully saturated rings. The van der Waals surface area contributed by atoms with Gasteiger partial charge in [-0.1, -0.05) is 12.1 Å². The van der Waals surface area contributed by atoms with E-state index in [1.165, 1.54) is 0 Å². The number of hydrogen-bond donors (Lipinski definition) is 2. The fourth-order valence-electron chi connectivity index (χ4n) is 3.89. The zero-order valence-corrected chi connectivity index (χ0v) is 18.7. The van der Waals surface area contributed by atoms with Gasteiger partial charge in [0.1, 0.15) is 5.82 Å². The molecular weight excluding hydrogens is 516 g/mol. The van der Waals surface area contributed by atoms with Crippen LogP contribution < -0.4 is 15.2 Å². The van der Waals surface area contributed by atoms with Crippen molar-refractivity contribution >= 4 is 21.6 Å². The second-order valence-corrected chi connectivity index (χ2v) is 9.25. The maximum Gasteiger partial charge on any atom is 0.419 e. The van der Waals surface area contributed by atoms with Gasteiger partial charge in [-0.15, -0.1) is 0 Å². The number of nitrogens with one attached hydrogen (secondary N) is 1. The number of alkyl halides is 3. The second-order valence-electron chi connectivity index (χ2n) is 7.74. The third-order valence-electron chi connectivity index (χ3n) is 5.48. The number of benzene rings is 2. The smallest absolute Gasteiger partial charge is 0.419 e. The summed E-state index contributed by atoms with van der Waals surface area (Å²) in [6.45, 7) is -0.191. The number of carbonyl (C=O) groups is 1. The number of nitrogens with two attached hydrogens (primary N) is 1. The normalized spacial score (nSPS) is 15.7. The molecule has 4 rings (SSSR count). The lowest BCUT2D eigenvalue weighted by Gasteiger charge is -2.28. The molecule has 1 unspecified atom stereocenters. The van der Waals surface area contributed by atoms with Gasteiger partial charge in [0, 0.05) is 29.4 Å². The van der Waals surface area contributed by atoms with Crippen LogP contribution in [0.25, 0.3) is 0 Å². The lowest BCUT2D eigenvalue weighted by Crippen LogP contribution is -2.24. The molecule has 1 aliphatic rings. The first-order valence-electron chi connectivity index (χ1n) is 10.1. The maximum atomic E-state index is 15.3. The van der Waals surface area contributed by atoms with Crippen LogP contribution in [-0.4, -0.2) is 25.9 Å². The lowest BCUT2D eigenvalue weighted by atomic mass is 9.83. The number of amides is 1. The summed E-state index contributed by atoms with van der Waals surface area (Å²) in [5, 5.41) is 6.48. The van der Waals surface area contributed by atoms with Crippen molar-refractivity contribution in [2.75, 3.05) is 11.9 Å². The number of hydrogen-bond acceptors (Lipinski definition) is 5. The monoisotopic (exact) mass is 531 g/mol. The van der Waals surface area contributed by atoms with E-state index in [2.05, 4.69) is 10.3 Å². The largest absolute Gasteiger partial charge is 0.490 e. The summed E-state index contributed by atoms with van der Waals surface area (Å²) in [6, 6.07) is 5.18. The highest BCUT2D eigenvalue weighted by Gasteiger charge is 2.39. The molecule has 0 saturated carbocycles. The Morgan fingerprint density at radius 2 is 1.75 bits per heavy atom. The van der Waals surface area contributed by atoms with Crippen LogP contribution in [0.1, 0.15) is 39.4 Å². The van der Waals surface area contributed by atoms with E-state index in [0.717, 1.165) is 36.5 Å². The Balaban J connectivity index is 1.86. The Bertz CT molecular complexity index is 1480. The number of fused-ring (bicyclic) bond motifs is 1. The summed E-state index contributed by atoms with van der Waals surface area (Å²) in [5.74, 6) is -7.33. The number of sulfonamides is 1. The predicted molar refractivity (Wildman–Crippen MR) is 113 cm³/mol. The Hall–Kier alpha value is -3.65. The molecule has 1 aromatic heterocycles. The van der Waals surface area contributed by atoms with E-state index >= 15 is 4.39 Å². The van der Waals surface area contributed by atoms with Gasteiger partial charge in [-0.2, -0.15) is 17.6 Å². The molecule has 1 aliphatic heterocycles. The number of ether oxygens (including phenoxy) is 1. The van der Waals surface area contributed by atoms with Crippen LogP contribution in [0.3, 0.4) is 0 Å². The second kappa shape index (κ2) is 9.09. The molecule has 0 bridgehead atoms. The average Bonchev–Trinajstić information content (AvgIpc) is 2.79. The molecule has 1 amide bonds. The topological polar surface area (TPSA) is 111 Å². The van der Waals surface area contributed by atoms with Crippen LogP contribution in [0.2, 0.25) is 0 Å². The third kappa shape index (κ3) is 4.73. The highest BCUT2D eigenvalue weighted by atomic mass is 32.2. The summed E-state index contributed by atoms with van der Waals surface area (Å²) in [4.78, 5) is 16.6. The van der Waals surface area contributed by atoms with Crippen LogP contribution >= 0.6 is 0 Å². The number of aromatic nitrogens is 1. The summed E-state index contributed by atoms with van der Waals surface area (Å²) < 4.78 is 112. The van der Waals surface area contributed by atoms with Gasteiger partial charge in [0.2, 0.25) is 5.82 Å². The van der Waals surface area contributed by atoms with Gasteiger partial charge in [0.15, 0.2) is 16.6 Å². The van der Waals surface area contributed by atoms with E-state index in [9.17, 15) is 35.2 Å². The minimum atomic E-state index is -5.15. The average molecular weight is 531 g/mol. The summed E-state index contributed by atoms with van der Waals surface area (Å²) in [5.41, 5.74) is -3.22. The van der Waals surface area contributed by atoms with E-state index in [4.69, 9.17) is 9.88 Å². The molecule has 0 radical (unpaired) electrons. The third-order valence-corrected chi connectivity index (χ3v) is 6.28. The van der Waals surface area contributed by atoms with E-state index in [1.54, 1.807) is 0 Å². The van der Waals surface area contributed by atoms with Crippen LogP contribution in [-0.2, 0) is 16.2 Å². The summed E-state index contributed by atoms with van der Waals surface area (Å²) >= 11 is 0. The molecule has 0 aliphatic carbocycles. The first-order valence-corrected chi connectivity index (χ1v) is 11.6. The Labute approximate surface area is 200 Å². The molecular formula is C22H15F6N3O4S. The quantitative estimate of drug-likeness (QED) is 0.487. The van der Waals surface area contributed by atoms with Crippen molar-refractivity contribution in [1.29, 1.82) is 0 Å². The molecule has 0 saturated heterocycles. The fraction of sp³-hybridized carbons (Fsp3) is 0.182. The standard InChI is InChI=1S/C22H15F6N3O4S/c23-15-4-2-13-11(6-8-35-20(13)19(15)25)12-1-3-14(22(26,27)28)18(24)17(12)21(32)31-10-5-7-30-16(9-10)36(29,33)34/h1-5,7,9,11H,6,8H2,(H2,29,33,34)(H,30,31,32). The number of carbonyl (C=O) groups excluding carboxylic acids is 1. The van der Waals surface area contributed by atoms with Gasteiger partial charge in [-0.05, 0) is 30.2 Å². The molecule has 36 heavy (non-hydrogen) atoms. The van der Waals surface area contributed by atoms with Crippen molar-refractivity contribution in [3.63, 3.8) is 0 Å². The van der Waals surface area contributed by atoms with E-state index in [1.807, 2.05) is 0 Å². The molecule has 3 aromatic rings. The molecule has 1 atom stereocenters. The van der Waals surface area contributed by atoms with Crippen LogP contribution in [0.5, 0.6) is 5.75 Å². The van der Waals surface area contributed by atoms with E-state index < -0.39 is 67.4 Å². The van der Waals surface area contributed by atoms with Gasteiger partial charge in [0.05, 0.1) is 17.7 Å². The molecule has 7 nitrogen and oxygen atoms in total. The van der Waals surface area contributed by atoms with Crippen LogP contribution in [0.4, 0.5) is 32.0 Å². The predicted octanol–water partition coefficient (Wildman–Crippen LogP) is 4.33. The summed E-state index contributed by atoms with van der Waals surface area (Å²) in [7, 11) is -4.29. The number of halogens is 6. The number of rotatable bonds is 4.